The zero-order valence-electron chi connectivity index (χ0n) is 5.77. The van der Waals surface area contributed by atoms with Crippen LogP contribution >= 0.6 is 47.9 Å². The summed E-state index contributed by atoms with van der Waals surface area (Å²) in [6.45, 7) is 0. The van der Waals surface area contributed by atoms with Crippen LogP contribution in [0.1, 0.15) is 0 Å². The number of nitrogens with one attached hydrogen (secondary N) is 1. The third kappa shape index (κ3) is 1.35. The summed E-state index contributed by atoms with van der Waals surface area (Å²) in [6.07, 6.45) is 1.77. The Kier molecular flexibility index (Phi) is 2.31. The van der Waals surface area contributed by atoms with Gasteiger partial charge in [0.05, 0.1) is 14.6 Å². The molecule has 0 bridgehead atoms. The van der Waals surface area contributed by atoms with Gasteiger partial charge in [0, 0.05) is 6.20 Å². The molecule has 0 saturated carbocycles. The lowest BCUT2D eigenvalue weighted by Crippen LogP contribution is -1.64. The Morgan fingerprint density at radius 3 is 2.92 bits per heavy atom. The molecule has 0 aromatic carbocycles. The van der Waals surface area contributed by atoms with Crippen molar-refractivity contribution in [3.8, 4) is 9.75 Å². The van der Waals surface area contributed by atoms with Crippen LogP contribution in [0.5, 0.6) is 0 Å². The molecule has 2 rings (SSSR count). The summed E-state index contributed by atoms with van der Waals surface area (Å²) in [4.78, 5) is 3.03. The van der Waals surface area contributed by atoms with E-state index in [0.717, 1.165) is 14.6 Å². The molecule has 2 nitrogen and oxygen atoms in total. The van der Waals surface area contributed by atoms with Crippen LogP contribution in [0.25, 0.3) is 9.75 Å². The third-order valence-corrected chi connectivity index (χ3v) is 4.35. The molecule has 0 fully saturated rings. The minimum atomic E-state index is 0.701. The van der Waals surface area contributed by atoms with Crippen LogP contribution in [-0.2, 0) is 0 Å². The summed E-state index contributed by atoms with van der Waals surface area (Å²) in [5.41, 5.74) is 0. The summed E-state index contributed by atoms with van der Waals surface area (Å²) in [7, 11) is 0. The average molecular weight is 232 g/mol. The molecular weight excluding hydrogens is 228 g/mol. The second kappa shape index (κ2) is 3.29. The third-order valence-electron chi connectivity index (χ3n) is 1.34. The number of aromatic amines is 1. The number of rotatable bonds is 1. The lowest BCUT2D eigenvalue weighted by Gasteiger charge is -1.88. The van der Waals surface area contributed by atoms with E-state index in [2.05, 4.69) is 21.4 Å². The van der Waals surface area contributed by atoms with Gasteiger partial charge >= 0.3 is 0 Å². The van der Waals surface area contributed by atoms with Crippen LogP contribution in [0.2, 0.25) is 0 Å². The molecule has 0 aliphatic rings. The van der Waals surface area contributed by atoms with Crippen molar-refractivity contribution in [1.29, 1.82) is 0 Å². The van der Waals surface area contributed by atoms with Crippen LogP contribution in [0.15, 0.2) is 17.2 Å². The first-order valence-electron chi connectivity index (χ1n) is 3.10. The van der Waals surface area contributed by atoms with E-state index in [1.807, 2.05) is 6.07 Å². The first-order valence-corrected chi connectivity index (χ1v) is 5.55. The number of hydrogen-bond donors (Lipinski definition) is 2. The van der Waals surface area contributed by atoms with Gasteiger partial charge in [-0.15, -0.1) is 12.6 Å². The monoisotopic (exact) mass is 232 g/mol. The van der Waals surface area contributed by atoms with E-state index in [1.165, 1.54) is 23.1 Å². The van der Waals surface area contributed by atoms with E-state index in [4.69, 9.17) is 12.2 Å². The molecule has 0 aliphatic carbocycles. The molecular formula is C6H4N2S4. The van der Waals surface area contributed by atoms with Crippen molar-refractivity contribution in [3.05, 3.63) is 16.9 Å². The maximum atomic E-state index is 5.01. The Labute approximate surface area is 88.0 Å². The maximum Gasteiger partial charge on any atom is 0.127 e. The summed E-state index contributed by atoms with van der Waals surface area (Å²) in [6, 6.07) is 1.96. The number of hydrogen-bond acceptors (Lipinski definition) is 5. The largest absolute Gasteiger partial charge is 0.300 e. The Balaban J connectivity index is 2.62. The molecule has 0 atom stereocenters. The minimum absolute atomic E-state index is 0.701. The Bertz CT molecular complexity index is 425. The molecule has 62 valence electrons. The predicted octanol–water partition coefficient (Wildman–Crippen LogP) is 3.22. The lowest BCUT2D eigenvalue weighted by molar-refractivity contribution is 1.41. The highest BCUT2D eigenvalue weighted by atomic mass is 32.1. The Morgan fingerprint density at radius 1 is 1.58 bits per heavy atom. The molecule has 0 amide bonds. The summed E-state index contributed by atoms with van der Waals surface area (Å²) >= 11 is 12.3. The van der Waals surface area contributed by atoms with Gasteiger partial charge in [0.2, 0.25) is 0 Å². The van der Waals surface area contributed by atoms with Gasteiger partial charge in [-0.3, -0.25) is 0 Å². The van der Waals surface area contributed by atoms with Crippen LogP contribution in [0.4, 0.5) is 0 Å². The van der Waals surface area contributed by atoms with Crippen molar-refractivity contribution < 1.29 is 0 Å². The molecule has 2 aromatic rings. The van der Waals surface area contributed by atoms with E-state index >= 15 is 0 Å². The van der Waals surface area contributed by atoms with Crippen molar-refractivity contribution in [2.75, 3.05) is 0 Å². The van der Waals surface area contributed by atoms with Gasteiger partial charge in [0.25, 0.3) is 0 Å². The lowest BCUT2D eigenvalue weighted by atomic mass is 10.4. The summed E-state index contributed by atoms with van der Waals surface area (Å²) in [5.74, 6) is 0. The van der Waals surface area contributed by atoms with Gasteiger partial charge in [0.15, 0.2) is 0 Å². The zero-order valence-corrected chi connectivity index (χ0v) is 9.12. The van der Waals surface area contributed by atoms with Gasteiger partial charge in [-0.05, 0) is 17.6 Å². The molecule has 6 heteroatoms. The van der Waals surface area contributed by atoms with E-state index < -0.39 is 0 Å². The molecule has 1 N–H and O–H groups in total. The van der Waals surface area contributed by atoms with Crippen LogP contribution < -0.4 is 0 Å². The second-order valence-electron chi connectivity index (χ2n) is 2.09. The number of nitrogens with zero attached hydrogens (tertiary/aromatic N) is 1. The van der Waals surface area contributed by atoms with Crippen molar-refractivity contribution in [1.82, 2.24) is 8.75 Å². The highest BCUT2D eigenvalue weighted by Crippen LogP contribution is 2.33. The smallest absolute Gasteiger partial charge is 0.127 e. The second-order valence-corrected chi connectivity index (χ2v) is 4.59. The number of H-pyrrole nitrogens is 1. The van der Waals surface area contributed by atoms with Crippen LogP contribution in [0.3, 0.4) is 0 Å². The highest BCUT2D eigenvalue weighted by molar-refractivity contribution is 7.81. The minimum Gasteiger partial charge on any atom is -0.300 e. The van der Waals surface area contributed by atoms with Gasteiger partial charge in [-0.25, -0.2) is 4.37 Å². The fourth-order valence-corrected chi connectivity index (χ4v) is 3.00. The first-order chi connectivity index (χ1) is 5.79. The van der Waals surface area contributed by atoms with Crippen molar-refractivity contribution >= 4 is 47.9 Å². The topological polar surface area (TPSA) is 28.7 Å². The maximum absolute atomic E-state index is 5.01. The average Bonchev–Trinajstić information content (AvgIpc) is 2.64. The highest BCUT2D eigenvalue weighted by Gasteiger charge is 2.07. The van der Waals surface area contributed by atoms with Gasteiger partial charge in [-0.2, -0.15) is 0 Å². The number of aromatic nitrogens is 2. The van der Waals surface area contributed by atoms with Crippen molar-refractivity contribution in [2.24, 2.45) is 0 Å². The molecule has 0 aliphatic heterocycles. The molecule has 0 saturated heterocycles. The predicted molar refractivity (Wildman–Crippen MR) is 57.9 cm³/mol. The van der Waals surface area contributed by atoms with Crippen molar-refractivity contribution in [2.45, 2.75) is 4.90 Å². The van der Waals surface area contributed by atoms with Gasteiger partial charge in [-0.1, -0.05) is 23.8 Å². The van der Waals surface area contributed by atoms with E-state index in [0.29, 0.717) is 4.64 Å². The SMILES string of the molecule is S=c1[nH]sc(-c2ccns2)c1S. The molecule has 0 radical (unpaired) electrons. The van der Waals surface area contributed by atoms with Crippen LogP contribution in [0, 0.1) is 4.64 Å². The normalized spacial score (nSPS) is 10.4. The Hall–Kier alpha value is -0.170. The van der Waals surface area contributed by atoms with Crippen LogP contribution in [-0.4, -0.2) is 8.75 Å². The van der Waals surface area contributed by atoms with E-state index in [-0.39, 0.29) is 0 Å². The van der Waals surface area contributed by atoms with Crippen molar-refractivity contribution in [3.63, 3.8) is 0 Å². The van der Waals surface area contributed by atoms with Gasteiger partial charge in [0.1, 0.15) is 4.64 Å². The number of thiol groups is 1. The van der Waals surface area contributed by atoms with E-state index in [1.54, 1.807) is 6.20 Å². The first kappa shape index (κ1) is 8.43. The fraction of sp³-hybridized carbons (Fsp3) is 0. The molecule has 2 heterocycles. The summed E-state index contributed by atoms with van der Waals surface area (Å²) in [5, 5.41) is 0. The zero-order chi connectivity index (χ0) is 8.55. The molecule has 0 spiro atoms. The Morgan fingerprint density at radius 2 is 2.42 bits per heavy atom. The standard InChI is InChI=1S/C6H4N2S4/c9-4-5(12-8-6(4)10)3-1-2-7-11-3/h1-2,9H,(H,8,10). The molecule has 12 heavy (non-hydrogen) atoms. The quantitative estimate of drug-likeness (QED) is 0.584. The van der Waals surface area contributed by atoms with E-state index in [9.17, 15) is 0 Å². The van der Waals surface area contributed by atoms with Gasteiger partial charge < -0.3 is 4.37 Å². The fourth-order valence-electron chi connectivity index (χ4n) is 0.797. The molecule has 2 aromatic heterocycles. The molecule has 0 unspecified atom stereocenters. The summed E-state index contributed by atoms with van der Waals surface area (Å²) < 4.78 is 7.70.